The third-order valence-corrected chi connectivity index (χ3v) is 3.59. The van der Waals surface area contributed by atoms with Crippen molar-refractivity contribution >= 4 is 28.1 Å². The van der Waals surface area contributed by atoms with Crippen LogP contribution in [0, 0.1) is 17.0 Å². The lowest BCUT2D eigenvalue weighted by atomic mass is 10.2. The van der Waals surface area contributed by atoms with Gasteiger partial charge in [0.15, 0.2) is 0 Å². The number of rotatable bonds is 4. The van der Waals surface area contributed by atoms with E-state index in [1.54, 1.807) is 6.92 Å². The molecular weight excluding hydrogens is 332 g/mol. The van der Waals surface area contributed by atoms with Crippen LogP contribution < -0.4 is 4.74 Å². The average molecular weight is 347 g/mol. The van der Waals surface area contributed by atoms with Gasteiger partial charge in [0, 0.05) is 16.2 Å². The first-order valence-corrected chi connectivity index (χ1v) is 6.59. The number of nitrogens with zero attached hydrogens (tertiary/aromatic N) is 2. The van der Waals surface area contributed by atoms with Crippen molar-refractivity contribution < 1.29 is 19.2 Å². The van der Waals surface area contributed by atoms with Crippen molar-refractivity contribution in [2.75, 3.05) is 7.11 Å². The van der Waals surface area contributed by atoms with Crippen LogP contribution in [0.4, 0.5) is 5.69 Å². The van der Waals surface area contributed by atoms with Gasteiger partial charge in [-0.15, -0.1) is 0 Å². The highest BCUT2D eigenvalue weighted by Gasteiger charge is 2.42. The van der Waals surface area contributed by atoms with Crippen LogP contribution in [0.2, 0.25) is 0 Å². The molecule has 0 aliphatic heterocycles. The third-order valence-electron chi connectivity index (χ3n) is 2.79. The van der Waals surface area contributed by atoms with Crippen molar-refractivity contribution in [1.29, 1.82) is 0 Å². The van der Waals surface area contributed by atoms with E-state index in [9.17, 15) is 10.1 Å². The van der Waals surface area contributed by atoms with E-state index < -0.39 is 4.92 Å². The number of pyridine rings is 1. The van der Waals surface area contributed by atoms with Gasteiger partial charge >= 0.3 is 5.69 Å². The summed E-state index contributed by atoms with van der Waals surface area (Å²) in [4.78, 5) is 23.4. The Kier molecular flexibility index (Phi) is 5.43. The zero-order valence-corrected chi connectivity index (χ0v) is 13.0. The Hall–Kier alpha value is -1.70. The number of aromatic nitrogens is 1. The lowest BCUT2D eigenvalue weighted by Crippen LogP contribution is -2.14. The quantitative estimate of drug-likeness (QED) is 0.472. The molecule has 1 aliphatic carbocycles. The first-order valence-electron chi connectivity index (χ1n) is 5.79. The van der Waals surface area contributed by atoms with Crippen LogP contribution in [0.3, 0.4) is 0 Å². The smallest absolute Gasteiger partial charge is 0.334 e. The summed E-state index contributed by atoms with van der Waals surface area (Å²) in [5, 5.41) is 11.0. The molecule has 8 heteroatoms. The number of carbonyl (C=O) groups is 1. The zero-order chi connectivity index (χ0) is 15.3. The first kappa shape index (κ1) is 16.4. The highest BCUT2D eigenvalue weighted by Crippen LogP contribution is 2.42. The van der Waals surface area contributed by atoms with Gasteiger partial charge in [-0.2, -0.15) is 0 Å². The molecule has 1 aromatic rings. The Morgan fingerprint density at radius 2 is 2.10 bits per heavy atom. The van der Waals surface area contributed by atoms with Crippen molar-refractivity contribution in [2.45, 2.75) is 32.3 Å². The second-order valence-corrected chi connectivity index (χ2v) is 5.38. The number of ether oxygens (including phenoxy) is 2. The lowest BCUT2D eigenvalue weighted by molar-refractivity contribution is -0.387. The normalized spacial score (nSPS) is 14.6. The molecule has 0 saturated heterocycles. The number of hydrogen-bond acceptors (Lipinski definition) is 6. The fourth-order valence-corrected chi connectivity index (χ4v) is 1.64. The molecule has 2 rings (SSSR count). The number of methoxy groups -OCH3 is 1. The molecular formula is C12H15BrN2O5. The van der Waals surface area contributed by atoms with Crippen molar-refractivity contribution in [1.82, 2.24) is 4.98 Å². The van der Waals surface area contributed by atoms with Gasteiger partial charge < -0.3 is 9.47 Å². The molecule has 20 heavy (non-hydrogen) atoms. The summed E-state index contributed by atoms with van der Waals surface area (Å²) in [5.41, 5.74) is 0.222. The third kappa shape index (κ3) is 4.16. The Morgan fingerprint density at radius 1 is 1.55 bits per heavy atom. The summed E-state index contributed by atoms with van der Waals surface area (Å²) in [6.07, 6.45) is 3.37. The second kappa shape index (κ2) is 6.65. The summed E-state index contributed by atoms with van der Waals surface area (Å²) in [5.74, 6) is 0.116. The van der Waals surface area contributed by atoms with Crippen molar-refractivity contribution in [3.63, 3.8) is 0 Å². The zero-order valence-electron chi connectivity index (χ0n) is 11.4. The molecule has 0 aromatic carbocycles. The minimum Gasteiger partial charge on any atom is -0.471 e. The van der Waals surface area contributed by atoms with E-state index in [-0.39, 0.29) is 17.2 Å². The van der Waals surface area contributed by atoms with Gasteiger partial charge in [0.2, 0.25) is 0 Å². The molecule has 0 unspecified atom stereocenters. The minimum atomic E-state index is -0.450. The van der Waals surface area contributed by atoms with E-state index in [1.807, 2.05) is 6.92 Å². The highest BCUT2D eigenvalue weighted by molar-refractivity contribution is 9.10. The van der Waals surface area contributed by atoms with Crippen molar-refractivity contribution in [3.8, 4) is 5.88 Å². The van der Waals surface area contributed by atoms with Gasteiger partial charge in [0.25, 0.3) is 12.4 Å². The van der Waals surface area contributed by atoms with E-state index in [1.165, 1.54) is 13.3 Å². The van der Waals surface area contributed by atoms with Gasteiger partial charge in [-0.25, -0.2) is 4.98 Å². The van der Waals surface area contributed by atoms with E-state index in [0.29, 0.717) is 16.5 Å². The van der Waals surface area contributed by atoms with Gasteiger partial charge in [0.05, 0.1) is 12.0 Å². The Labute approximate surface area is 124 Å². The minimum absolute atomic E-state index is 0.0532. The number of hydrogen-bond donors (Lipinski definition) is 0. The van der Waals surface area contributed by atoms with Crippen LogP contribution in [0.25, 0.3) is 0 Å². The molecule has 0 N–H and O–H groups in total. The van der Waals surface area contributed by atoms with Gasteiger partial charge in [-0.3, -0.25) is 14.9 Å². The number of nitro groups is 1. The molecule has 0 atom stereocenters. The summed E-state index contributed by atoms with van der Waals surface area (Å²) in [6, 6.07) is 0. The molecule has 1 aromatic heterocycles. The molecule has 1 fully saturated rings. The van der Waals surface area contributed by atoms with Crippen LogP contribution in [0.15, 0.2) is 10.7 Å². The Morgan fingerprint density at radius 3 is 2.50 bits per heavy atom. The molecule has 0 amide bonds. The van der Waals surface area contributed by atoms with E-state index >= 15 is 0 Å². The van der Waals surface area contributed by atoms with E-state index in [0.717, 1.165) is 12.8 Å². The molecule has 110 valence electrons. The predicted molar refractivity (Wildman–Crippen MR) is 74.7 cm³/mol. The maximum absolute atomic E-state index is 11.0. The van der Waals surface area contributed by atoms with Crippen molar-refractivity contribution in [3.05, 3.63) is 26.3 Å². The fraction of sp³-hybridized carbons (Fsp3) is 0.500. The molecule has 0 radical (unpaired) electrons. The maximum Gasteiger partial charge on any atom is 0.334 e. The monoisotopic (exact) mass is 346 g/mol. The highest BCUT2D eigenvalue weighted by atomic mass is 79.9. The standard InChI is InChI=1S/C10H11BrN2O3.C2H4O2/c1-6-7(11)5-12-9(8(6)13(14)15)16-10(2)3-4-10;1-4-2-3/h5H,3-4H2,1-2H3;2H,1H3. The Balaban J connectivity index is 0.000000444. The number of carbonyl (C=O) groups excluding carboxylic acids is 1. The van der Waals surface area contributed by atoms with Gasteiger partial charge in [-0.1, -0.05) is 0 Å². The predicted octanol–water partition coefficient (Wildman–Crippen LogP) is 2.78. The number of halogens is 1. The molecule has 7 nitrogen and oxygen atoms in total. The SMILES string of the molecule is COC=O.Cc1c(Br)cnc(OC2(C)CC2)c1[N+](=O)[O-]. The maximum atomic E-state index is 11.0. The van der Waals surface area contributed by atoms with Gasteiger partial charge in [0.1, 0.15) is 5.60 Å². The van der Waals surface area contributed by atoms with Crippen LogP contribution in [-0.2, 0) is 9.53 Å². The van der Waals surface area contributed by atoms with E-state index in [4.69, 9.17) is 9.53 Å². The summed E-state index contributed by atoms with van der Waals surface area (Å²) >= 11 is 3.22. The topological polar surface area (TPSA) is 91.6 Å². The Bertz CT molecular complexity index is 517. The average Bonchev–Trinajstić information content (AvgIpc) is 3.11. The van der Waals surface area contributed by atoms with Gasteiger partial charge in [-0.05, 0) is 42.6 Å². The van der Waals surface area contributed by atoms with Crippen LogP contribution in [0.1, 0.15) is 25.3 Å². The molecule has 0 spiro atoms. The molecule has 0 bridgehead atoms. The van der Waals surface area contributed by atoms with Crippen LogP contribution in [0.5, 0.6) is 5.88 Å². The summed E-state index contributed by atoms with van der Waals surface area (Å²) < 4.78 is 10.0. The van der Waals surface area contributed by atoms with Crippen LogP contribution >= 0.6 is 15.9 Å². The first-order chi connectivity index (χ1) is 9.34. The summed E-state index contributed by atoms with van der Waals surface area (Å²) in [6.45, 7) is 3.97. The lowest BCUT2D eigenvalue weighted by Gasteiger charge is -2.12. The fourth-order valence-electron chi connectivity index (χ4n) is 1.35. The molecule has 1 aliphatic rings. The molecule has 1 saturated carbocycles. The van der Waals surface area contributed by atoms with Crippen molar-refractivity contribution in [2.24, 2.45) is 0 Å². The van der Waals surface area contributed by atoms with E-state index in [2.05, 4.69) is 25.7 Å². The largest absolute Gasteiger partial charge is 0.471 e. The summed E-state index contributed by atoms with van der Waals surface area (Å²) in [7, 11) is 1.31. The van der Waals surface area contributed by atoms with Crippen LogP contribution in [-0.4, -0.2) is 29.1 Å². The molecule has 1 heterocycles. The second-order valence-electron chi connectivity index (χ2n) is 4.53.